The third-order valence-electron chi connectivity index (χ3n) is 4.84. The van der Waals surface area contributed by atoms with Crippen molar-refractivity contribution in [3.63, 3.8) is 0 Å². The molecular weight excluding hydrogens is 402 g/mol. The smallest absolute Gasteiger partial charge is 0.350 e. The molecule has 0 aromatic carbocycles. The monoisotopic (exact) mass is 417 g/mol. The molecule has 1 fully saturated rings. The van der Waals surface area contributed by atoms with Crippen LogP contribution in [-0.4, -0.2) is 52.5 Å². The molecular formula is C18H16BrN3O4. The summed E-state index contributed by atoms with van der Waals surface area (Å²) in [4.78, 5) is 44.5. The minimum atomic E-state index is -0.513. The molecule has 0 saturated carbocycles. The van der Waals surface area contributed by atoms with Crippen LogP contribution in [0.3, 0.4) is 0 Å². The molecule has 134 valence electrons. The number of allylic oxidation sites excluding steroid dienone is 3. The van der Waals surface area contributed by atoms with E-state index in [2.05, 4.69) is 20.9 Å². The first kappa shape index (κ1) is 17.0. The fourth-order valence-electron chi connectivity index (χ4n) is 3.50. The van der Waals surface area contributed by atoms with E-state index in [1.165, 1.54) is 4.90 Å². The Balaban J connectivity index is 1.45. The van der Waals surface area contributed by atoms with Crippen LogP contribution >= 0.6 is 15.9 Å². The lowest BCUT2D eigenvalue weighted by Gasteiger charge is -2.39. The highest BCUT2D eigenvalue weighted by Gasteiger charge is 2.41. The van der Waals surface area contributed by atoms with Crippen molar-refractivity contribution in [3.8, 4) is 0 Å². The predicted octanol–water partition coefficient (Wildman–Crippen LogP) is 2.79. The van der Waals surface area contributed by atoms with Crippen LogP contribution in [0.1, 0.15) is 23.4 Å². The third kappa shape index (κ3) is 2.94. The molecule has 1 unspecified atom stereocenters. The topological polar surface area (TPSA) is 83.2 Å². The van der Waals surface area contributed by atoms with Gasteiger partial charge in [0.15, 0.2) is 10.4 Å². The number of halogens is 1. The van der Waals surface area contributed by atoms with Crippen LogP contribution in [0, 0.1) is 5.92 Å². The van der Waals surface area contributed by atoms with Gasteiger partial charge in [0, 0.05) is 19.1 Å². The molecule has 3 aliphatic rings. The van der Waals surface area contributed by atoms with Crippen molar-refractivity contribution >= 4 is 39.5 Å². The number of furan rings is 1. The standard InChI is InChI=1S/C18H16BrN3O4/c19-15-6-5-14(26-15)17(24)21-9-7-11(8-10-21)22-16(23)12-3-1-2-4-13(12)20-18(22)25/h1-6,11-12H,7-10H2. The molecule has 1 saturated heterocycles. The highest BCUT2D eigenvalue weighted by Crippen LogP contribution is 2.26. The van der Waals surface area contributed by atoms with Crippen LogP contribution in [-0.2, 0) is 4.79 Å². The Morgan fingerprint density at radius 2 is 1.96 bits per heavy atom. The first-order valence-electron chi connectivity index (χ1n) is 8.39. The number of imide groups is 1. The summed E-state index contributed by atoms with van der Waals surface area (Å²) in [5.41, 5.74) is 0.495. The van der Waals surface area contributed by atoms with Gasteiger partial charge in [-0.3, -0.25) is 14.5 Å². The van der Waals surface area contributed by atoms with E-state index in [9.17, 15) is 14.4 Å². The lowest BCUT2D eigenvalue weighted by molar-refractivity contribution is -0.131. The second-order valence-corrected chi connectivity index (χ2v) is 7.16. The Kier molecular flexibility index (Phi) is 4.36. The number of aliphatic imine (C=N–C) groups is 1. The van der Waals surface area contributed by atoms with Crippen LogP contribution in [0.15, 0.2) is 50.5 Å². The molecule has 1 aromatic rings. The molecule has 2 aliphatic heterocycles. The highest BCUT2D eigenvalue weighted by molar-refractivity contribution is 9.10. The zero-order valence-corrected chi connectivity index (χ0v) is 15.4. The van der Waals surface area contributed by atoms with Gasteiger partial charge < -0.3 is 9.32 Å². The summed E-state index contributed by atoms with van der Waals surface area (Å²) >= 11 is 3.19. The first-order valence-corrected chi connectivity index (χ1v) is 9.19. The van der Waals surface area contributed by atoms with Gasteiger partial charge in [-0.05, 0) is 47.0 Å². The molecule has 0 radical (unpaired) electrons. The van der Waals surface area contributed by atoms with Crippen molar-refractivity contribution in [1.82, 2.24) is 9.80 Å². The summed E-state index contributed by atoms with van der Waals surface area (Å²) in [6.45, 7) is 0.908. The Hall–Kier alpha value is -2.48. The fourth-order valence-corrected chi connectivity index (χ4v) is 3.81. The van der Waals surface area contributed by atoms with Crippen molar-refractivity contribution in [2.45, 2.75) is 18.9 Å². The largest absolute Gasteiger partial charge is 0.444 e. The van der Waals surface area contributed by atoms with Crippen molar-refractivity contribution in [3.05, 3.63) is 46.9 Å². The van der Waals surface area contributed by atoms with Crippen molar-refractivity contribution < 1.29 is 18.8 Å². The number of hydrogen-bond acceptors (Lipinski definition) is 4. The molecule has 0 bridgehead atoms. The lowest BCUT2D eigenvalue weighted by Crippen LogP contribution is -2.54. The van der Waals surface area contributed by atoms with Gasteiger partial charge in [0.05, 0.1) is 11.6 Å². The minimum absolute atomic E-state index is 0.189. The van der Waals surface area contributed by atoms with Crippen LogP contribution in [0.2, 0.25) is 0 Å². The van der Waals surface area contributed by atoms with Gasteiger partial charge in [-0.1, -0.05) is 18.2 Å². The number of carbonyl (C=O) groups excluding carboxylic acids is 3. The summed E-state index contributed by atoms with van der Waals surface area (Å²) in [7, 11) is 0. The van der Waals surface area contributed by atoms with E-state index in [0.29, 0.717) is 36.3 Å². The minimum Gasteiger partial charge on any atom is -0.444 e. The van der Waals surface area contributed by atoms with E-state index in [4.69, 9.17) is 4.42 Å². The SMILES string of the molecule is O=C(c1ccc(Br)o1)N1CCC(N2C(=O)N=C3C=CC=CC3C2=O)CC1. The van der Waals surface area contributed by atoms with Gasteiger partial charge >= 0.3 is 6.03 Å². The van der Waals surface area contributed by atoms with Gasteiger partial charge in [-0.2, -0.15) is 4.99 Å². The average molecular weight is 418 g/mol. The van der Waals surface area contributed by atoms with Gasteiger partial charge in [0.25, 0.3) is 5.91 Å². The normalized spacial score (nSPS) is 23.3. The quantitative estimate of drug-likeness (QED) is 0.740. The van der Waals surface area contributed by atoms with E-state index < -0.39 is 11.9 Å². The lowest BCUT2D eigenvalue weighted by atomic mass is 9.93. The van der Waals surface area contributed by atoms with E-state index in [-0.39, 0.29) is 23.6 Å². The number of amides is 4. The summed E-state index contributed by atoms with van der Waals surface area (Å²) < 4.78 is 5.81. The number of rotatable bonds is 2. The number of fused-ring (bicyclic) bond motifs is 1. The van der Waals surface area contributed by atoms with Crippen LogP contribution in [0.4, 0.5) is 4.79 Å². The predicted molar refractivity (Wildman–Crippen MR) is 96.8 cm³/mol. The number of piperidine rings is 1. The maximum atomic E-state index is 12.7. The zero-order chi connectivity index (χ0) is 18.3. The average Bonchev–Trinajstić information content (AvgIpc) is 3.08. The molecule has 1 aromatic heterocycles. The number of hydrogen-bond donors (Lipinski definition) is 0. The van der Waals surface area contributed by atoms with Crippen molar-refractivity contribution in [1.29, 1.82) is 0 Å². The number of carbonyl (C=O) groups is 3. The Morgan fingerprint density at radius 1 is 1.19 bits per heavy atom. The Labute approximate surface area is 158 Å². The fraction of sp³-hybridized carbons (Fsp3) is 0.333. The first-order chi connectivity index (χ1) is 12.5. The zero-order valence-electron chi connectivity index (χ0n) is 13.8. The molecule has 26 heavy (non-hydrogen) atoms. The van der Waals surface area contributed by atoms with E-state index in [1.54, 1.807) is 41.3 Å². The molecule has 1 atom stereocenters. The summed E-state index contributed by atoms with van der Waals surface area (Å²) in [5.74, 6) is -0.641. The summed E-state index contributed by atoms with van der Waals surface area (Å²) in [5, 5.41) is 0. The second-order valence-electron chi connectivity index (χ2n) is 6.38. The van der Waals surface area contributed by atoms with Crippen LogP contribution in [0.5, 0.6) is 0 Å². The third-order valence-corrected chi connectivity index (χ3v) is 5.26. The van der Waals surface area contributed by atoms with Crippen LogP contribution in [0.25, 0.3) is 0 Å². The summed E-state index contributed by atoms with van der Waals surface area (Å²) in [6.07, 6.45) is 8.07. The molecule has 7 nitrogen and oxygen atoms in total. The van der Waals surface area contributed by atoms with Crippen molar-refractivity contribution in [2.75, 3.05) is 13.1 Å². The maximum absolute atomic E-state index is 12.7. The van der Waals surface area contributed by atoms with E-state index in [1.807, 2.05) is 0 Å². The number of nitrogens with zero attached hydrogens (tertiary/aromatic N) is 3. The molecule has 3 heterocycles. The number of urea groups is 1. The van der Waals surface area contributed by atoms with E-state index in [0.717, 1.165) is 0 Å². The molecule has 1 aliphatic carbocycles. The van der Waals surface area contributed by atoms with Crippen LogP contribution < -0.4 is 0 Å². The van der Waals surface area contributed by atoms with E-state index >= 15 is 0 Å². The van der Waals surface area contributed by atoms with Gasteiger partial charge in [-0.25, -0.2) is 4.79 Å². The molecule has 0 N–H and O–H groups in total. The number of likely N-dealkylation sites (tertiary alicyclic amines) is 1. The Bertz CT molecular complexity index is 862. The van der Waals surface area contributed by atoms with Gasteiger partial charge in [0.2, 0.25) is 5.91 Å². The van der Waals surface area contributed by atoms with Gasteiger partial charge in [0.1, 0.15) is 0 Å². The molecule has 4 rings (SSSR count). The van der Waals surface area contributed by atoms with Gasteiger partial charge in [-0.15, -0.1) is 0 Å². The second kappa shape index (κ2) is 6.68. The Morgan fingerprint density at radius 3 is 2.65 bits per heavy atom. The maximum Gasteiger partial charge on any atom is 0.350 e. The summed E-state index contributed by atoms with van der Waals surface area (Å²) in [6, 6.07) is 2.54. The highest BCUT2D eigenvalue weighted by atomic mass is 79.9. The molecule has 0 spiro atoms. The molecule has 4 amide bonds. The molecule has 8 heteroatoms. The van der Waals surface area contributed by atoms with Crippen molar-refractivity contribution in [2.24, 2.45) is 10.9 Å².